The van der Waals surface area contributed by atoms with E-state index in [0.29, 0.717) is 24.6 Å². The fraction of sp³-hybridized carbons (Fsp3) is 0.323. The van der Waals surface area contributed by atoms with Crippen molar-refractivity contribution in [1.29, 1.82) is 0 Å². The van der Waals surface area contributed by atoms with Crippen LogP contribution in [0.4, 0.5) is 4.39 Å². The highest BCUT2D eigenvalue weighted by Gasteiger charge is 2.27. The average Bonchev–Trinajstić information content (AvgIpc) is 3.59. The molecule has 0 bridgehead atoms. The summed E-state index contributed by atoms with van der Waals surface area (Å²) >= 11 is 0. The van der Waals surface area contributed by atoms with Crippen molar-refractivity contribution in [3.8, 4) is 16.9 Å². The maximum atomic E-state index is 11.9. The minimum Gasteiger partial charge on any atom is -0.493 e. The fourth-order valence-electron chi connectivity index (χ4n) is 4.17. The van der Waals surface area contributed by atoms with Gasteiger partial charge >= 0.3 is 0 Å². The third-order valence-electron chi connectivity index (χ3n) is 6.10. The van der Waals surface area contributed by atoms with Gasteiger partial charge in [0.25, 0.3) is 5.91 Å². The van der Waals surface area contributed by atoms with E-state index in [9.17, 15) is 9.18 Å². The zero-order valence-electron chi connectivity index (χ0n) is 23.1. The van der Waals surface area contributed by atoms with Crippen LogP contribution in [0.2, 0.25) is 0 Å². The molecule has 1 aliphatic rings. The number of fused-ring (bicyclic) bond motifs is 1. The van der Waals surface area contributed by atoms with Crippen molar-refractivity contribution < 1.29 is 16.8 Å². The molecular weight excluding hydrogens is 493 g/mol. The number of nitrogens with zero attached hydrogens (tertiary/aromatic N) is 2. The van der Waals surface area contributed by atoms with Crippen molar-refractivity contribution in [3.63, 3.8) is 0 Å². The predicted molar refractivity (Wildman–Crippen MR) is 161 cm³/mol. The van der Waals surface area contributed by atoms with Gasteiger partial charge in [0.15, 0.2) is 0 Å². The Morgan fingerprint density at radius 2 is 1.87 bits per heavy atom. The van der Waals surface area contributed by atoms with Crippen LogP contribution < -0.4 is 15.4 Å². The molecule has 3 N–H and O–H groups in total. The number of carbonyl (C=O) groups is 1. The number of benzene rings is 2. The Kier molecular flexibility index (Phi) is 11.6. The maximum Gasteiger partial charge on any atom is 0.251 e. The van der Waals surface area contributed by atoms with Crippen molar-refractivity contribution in [2.45, 2.75) is 27.2 Å². The number of amides is 1. The number of aromatic nitrogens is 3. The van der Waals surface area contributed by atoms with Crippen LogP contribution in [0.15, 0.2) is 73.2 Å². The number of pyridine rings is 1. The molecule has 2 aromatic carbocycles. The second kappa shape index (κ2) is 15.4. The summed E-state index contributed by atoms with van der Waals surface area (Å²) in [6, 6.07) is 15.5. The highest BCUT2D eigenvalue weighted by Crippen LogP contribution is 2.42. The monoisotopic (exact) mass is 535 g/mol. The van der Waals surface area contributed by atoms with Gasteiger partial charge in [-0.2, -0.15) is 5.10 Å². The Morgan fingerprint density at radius 3 is 2.59 bits per heavy atom. The minimum atomic E-state index is -0.303. The van der Waals surface area contributed by atoms with Crippen LogP contribution in [0.25, 0.3) is 27.6 Å². The highest BCUT2D eigenvalue weighted by atomic mass is 19.1. The van der Waals surface area contributed by atoms with Crippen molar-refractivity contribution in [1.82, 2.24) is 25.8 Å². The molecule has 1 aliphatic carbocycles. The third kappa shape index (κ3) is 7.97. The molecule has 2 heterocycles. The lowest BCUT2D eigenvalue weighted by Crippen LogP contribution is -2.18. The van der Waals surface area contributed by atoms with Gasteiger partial charge in [0.05, 0.1) is 18.3 Å². The Hall–Kier alpha value is -4.04. The Bertz CT molecular complexity index is 1370. The number of alkyl halides is 1. The zero-order valence-corrected chi connectivity index (χ0v) is 23.1. The first kappa shape index (κ1) is 29.5. The molecule has 5 rings (SSSR count). The molecule has 4 aromatic rings. The number of H-pyrrole nitrogens is 1. The highest BCUT2D eigenvalue weighted by molar-refractivity contribution is 5.96. The SMILES string of the molecule is CC.CCOc1cc(C(=O)NC)ccc1-c1ccccc1.FCCNCCC1C=C1c1cncc2cn[nH]c12.[HH].[HH]. The number of hydrogen-bond donors (Lipinski definition) is 3. The van der Waals surface area contributed by atoms with Crippen molar-refractivity contribution in [2.75, 3.05) is 33.4 Å². The van der Waals surface area contributed by atoms with E-state index in [1.54, 1.807) is 19.3 Å². The van der Waals surface area contributed by atoms with Crippen LogP contribution >= 0.6 is 0 Å². The van der Waals surface area contributed by atoms with Gasteiger partial charge in [0, 0.05) is 56.8 Å². The lowest BCUT2D eigenvalue weighted by atomic mass is 10.0. The van der Waals surface area contributed by atoms with Crippen LogP contribution in [0.1, 0.15) is 46.0 Å². The second-order valence-corrected chi connectivity index (χ2v) is 8.57. The van der Waals surface area contributed by atoms with E-state index in [4.69, 9.17) is 4.74 Å². The largest absolute Gasteiger partial charge is 0.493 e. The third-order valence-corrected chi connectivity index (χ3v) is 6.10. The molecule has 0 spiro atoms. The summed E-state index contributed by atoms with van der Waals surface area (Å²) in [4.78, 5) is 15.9. The van der Waals surface area contributed by atoms with Gasteiger partial charge in [-0.25, -0.2) is 4.39 Å². The molecule has 0 aliphatic heterocycles. The molecule has 1 atom stereocenters. The Balaban J connectivity index is 0.000000370. The Morgan fingerprint density at radius 1 is 1.08 bits per heavy atom. The quantitative estimate of drug-likeness (QED) is 0.200. The summed E-state index contributed by atoms with van der Waals surface area (Å²) in [5.74, 6) is 1.11. The van der Waals surface area contributed by atoms with E-state index in [0.717, 1.165) is 46.3 Å². The summed E-state index contributed by atoms with van der Waals surface area (Å²) in [7, 11) is 1.62. The van der Waals surface area contributed by atoms with E-state index < -0.39 is 0 Å². The number of rotatable bonds is 10. The number of nitrogens with one attached hydrogen (secondary N) is 3. The predicted octanol–water partition coefficient (Wildman–Crippen LogP) is 6.55. The number of carbonyl (C=O) groups excluding carboxylic acids is 1. The molecule has 0 fully saturated rings. The summed E-state index contributed by atoms with van der Waals surface area (Å²) in [6.07, 6.45) is 8.71. The van der Waals surface area contributed by atoms with Crippen LogP contribution in [0.5, 0.6) is 5.75 Å². The van der Waals surface area contributed by atoms with E-state index in [1.807, 2.05) is 75.6 Å². The van der Waals surface area contributed by atoms with Crippen molar-refractivity contribution in [2.24, 2.45) is 5.92 Å². The lowest BCUT2D eigenvalue weighted by Gasteiger charge is -2.12. The van der Waals surface area contributed by atoms with Gasteiger partial charge in [-0.05, 0) is 49.2 Å². The van der Waals surface area contributed by atoms with E-state index >= 15 is 0 Å². The van der Waals surface area contributed by atoms with Crippen molar-refractivity contribution >= 4 is 22.4 Å². The van der Waals surface area contributed by atoms with E-state index in [-0.39, 0.29) is 15.4 Å². The first-order valence-corrected chi connectivity index (χ1v) is 13.5. The summed E-state index contributed by atoms with van der Waals surface area (Å²) in [5.41, 5.74) is 6.19. The van der Waals surface area contributed by atoms with Gasteiger partial charge in [-0.1, -0.05) is 50.3 Å². The molecule has 0 radical (unpaired) electrons. The Labute approximate surface area is 232 Å². The van der Waals surface area contributed by atoms with Crippen LogP contribution in [0, 0.1) is 5.92 Å². The standard InChI is InChI=1S/C16H17NO2.C13H15FN4.C2H6.2H2/c1-3-19-15-11-13(16(18)17-2)9-10-14(15)12-7-5-4-6-8-12;14-2-4-15-3-1-9-5-11(9)12-8-16-6-10-7-17-18-13(10)12;1-2;;/h4-11H,3H2,1-2H3,(H,17,18);5-9,15H,1-4H2,(H,17,18);1-2H3;2*1H. The summed E-state index contributed by atoms with van der Waals surface area (Å²) in [5, 5.41) is 13.8. The van der Waals surface area contributed by atoms with Gasteiger partial charge in [-0.3, -0.25) is 14.9 Å². The smallest absolute Gasteiger partial charge is 0.251 e. The molecule has 7 nitrogen and oxygen atoms in total. The van der Waals surface area contributed by atoms with E-state index in [1.165, 1.54) is 5.57 Å². The molecular formula is C31H42FN5O2. The molecule has 0 saturated heterocycles. The minimum absolute atomic E-state index is 0. The van der Waals surface area contributed by atoms with Gasteiger partial charge in [0.1, 0.15) is 12.4 Å². The molecule has 2 aromatic heterocycles. The number of halogens is 1. The van der Waals surface area contributed by atoms with Gasteiger partial charge < -0.3 is 15.4 Å². The molecule has 0 saturated carbocycles. The summed E-state index contributed by atoms with van der Waals surface area (Å²) < 4.78 is 17.6. The average molecular weight is 536 g/mol. The number of allylic oxidation sites excluding steroid dienone is 2. The summed E-state index contributed by atoms with van der Waals surface area (Å²) in [6.45, 7) is 7.49. The first-order valence-electron chi connectivity index (χ1n) is 13.5. The number of hydrogen-bond acceptors (Lipinski definition) is 5. The lowest BCUT2D eigenvalue weighted by molar-refractivity contribution is 0.0962. The van der Waals surface area contributed by atoms with Crippen molar-refractivity contribution in [3.05, 3.63) is 84.3 Å². The fourth-order valence-corrected chi connectivity index (χ4v) is 4.17. The zero-order chi connectivity index (χ0) is 28.0. The first-order chi connectivity index (χ1) is 19.2. The molecule has 210 valence electrons. The topological polar surface area (TPSA) is 91.9 Å². The number of aromatic amines is 1. The second-order valence-electron chi connectivity index (χ2n) is 8.57. The normalized spacial score (nSPS) is 13.4. The molecule has 8 heteroatoms. The van der Waals surface area contributed by atoms with Crippen LogP contribution in [-0.4, -0.2) is 54.5 Å². The molecule has 1 unspecified atom stereocenters. The van der Waals surface area contributed by atoms with Crippen LogP contribution in [0.3, 0.4) is 0 Å². The van der Waals surface area contributed by atoms with Crippen LogP contribution in [-0.2, 0) is 0 Å². The van der Waals surface area contributed by atoms with E-state index in [2.05, 4.69) is 31.9 Å². The molecule has 1 amide bonds. The van der Waals surface area contributed by atoms with Gasteiger partial charge in [0.2, 0.25) is 0 Å². The number of ether oxygens (including phenoxy) is 1. The van der Waals surface area contributed by atoms with Gasteiger partial charge in [-0.15, -0.1) is 0 Å². The molecule has 39 heavy (non-hydrogen) atoms. The maximum absolute atomic E-state index is 11.9.